The van der Waals surface area contributed by atoms with Crippen LogP contribution in [0.1, 0.15) is 37.0 Å². The molecule has 1 saturated heterocycles. The first-order valence-corrected chi connectivity index (χ1v) is 14.4. The number of aromatic amines is 1. The lowest BCUT2D eigenvalue weighted by atomic mass is 10.1. The first kappa shape index (κ1) is 34.4. The smallest absolute Gasteiger partial charge is 0.317 e. The predicted octanol–water partition coefficient (Wildman–Crippen LogP) is 0.815. The lowest BCUT2D eigenvalue weighted by molar-refractivity contribution is -0.140. The van der Waals surface area contributed by atoms with E-state index in [9.17, 15) is 34.5 Å². The molecule has 1 aliphatic heterocycles. The quantitative estimate of drug-likeness (QED) is 0.238. The van der Waals surface area contributed by atoms with Crippen LogP contribution >= 0.6 is 0 Å². The Labute approximate surface area is 256 Å². The zero-order valence-corrected chi connectivity index (χ0v) is 25.5. The molecule has 15 nitrogen and oxygen atoms in total. The number of amides is 1. The third-order valence-corrected chi connectivity index (χ3v) is 6.85. The number of rotatable bonds is 11. The molecule has 0 saturated carbocycles. The van der Waals surface area contributed by atoms with Gasteiger partial charge in [0.25, 0.3) is 5.91 Å². The summed E-state index contributed by atoms with van der Waals surface area (Å²) in [4.78, 5) is 61.4. The monoisotopic (exact) mass is 617 g/mol. The van der Waals surface area contributed by atoms with E-state index in [0.29, 0.717) is 70.3 Å². The van der Waals surface area contributed by atoms with Crippen molar-refractivity contribution in [3.8, 4) is 5.75 Å². The molecule has 0 unspecified atom stereocenters. The van der Waals surface area contributed by atoms with Crippen LogP contribution in [0.2, 0.25) is 0 Å². The number of hydrogen-bond acceptors (Lipinski definition) is 10. The van der Waals surface area contributed by atoms with Gasteiger partial charge in [-0.15, -0.1) is 0 Å². The van der Waals surface area contributed by atoms with E-state index >= 15 is 0 Å². The van der Waals surface area contributed by atoms with Crippen LogP contribution in [0, 0.1) is 0 Å². The van der Waals surface area contributed by atoms with Gasteiger partial charge in [-0.2, -0.15) is 0 Å². The van der Waals surface area contributed by atoms with Gasteiger partial charge >= 0.3 is 17.9 Å². The number of nitrogens with zero attached hydrogens (tertiary/aromatic N) is 5. The van der Waals surface area contributed by atoms with Crippen molar-refractivity contribution in [2.45, 2.75) is 32.9 Å². The number of carbonyl (C=O) groups is 4. The van der Waals surface area contributed by atoms with Gasteiger partial charge in [-0.05, 0) is 39.0 Å². The Balaban J connectivity index is 1.88. The van der Waals surface area contributed by atoms with Gasteiger partial charge < -0.3 is 30.4 Å². The SMILES string of the molecule is CC(C)(C)Oc1ccc(NC(=O)c2ncc[nH]2)cc1CN1CCN(CC(=O)O)CCN(CC(=O)O)CCN(CC(=O)O)CC1. The van der Waals surface area contributed by atoms with Crippen molar-refractivity contribution in [3.63, 3.8) is 0 Å². The number of benzene rings is 1. The van der Waals surface area contributed by atoms with E-state index in [1.165, 1.54) is 6.20 Å². The standard InChI is InChI=1S/C29H43N7O8/c1-29(2,3)44-23-5-4-22(32-28(43)27-30-6-7-31-27)16-21(23)17-33-8-10-34(18-24(37)38)12-14-36(20-26(41)42)15-13-35(11-9-33)19-25(39)40/h4-7,16H,8-15,17-20H2,1-3H3,(H,30,31)(H,32,43)(H,37,38)(H,39,40)(H,41,42). The van der Waals surface area contributed by atoms with E-state index in [-0.39, 0.29) is 25.5 Å². The zero-order chi connectivity index (χ0) is 32.3. The van der Waals surface area contributed by atoms with E-state index in [4.69, 9.17) is 4.74 Å². The summed E-state index contributed by atoms with van der Waals surface area (Å²) in [5, 5.41) is 31.2. The normalized spacial score (nSPS) is 16.9. The highest BCUT2D eigenvalue weighted by molar-refractivity contribution is 6.01. The van der Waals surface area contributed by atoms with Gasteiger partial charge in [-0.3, -0.25) is 38.8 Å². The molecule has 0 bridgehead atoms. The number of imidazole rings is 1. The molecular formula is C29H43N7O8. The maximum absolute atomic E-state index is 12.6. The summed E-state index contributed by atoms with van der Waals surface area (Å²) in [6.07, 6.45) is 3.05. The van der Waals surface area contributed by atoms with Crippen molar-refractivity contribution in [1.82, 2.24) is 29.6 Å². The summed E-state index contributed by atoms with van der Waals surface area (Å²) >= 11 is 0. The first-order chi connectivity index (χ1) is 20.8. The van der Waals surface area contributed by atoms with Crippen LogP contribution in [0.15, 0.2) is 30.6 Å². The Morgan fingerprint density at radius 1 is 0.818 bits per heavy atom. The second-order valence-corrected chi connectivity index (χ2v) is 11.7. The molecule has 44 heavy (non-hydrogen) atoms. The number of anilines is 1. The van der Waals surface area contributed by atoms with Crippen molar-refractivity contribution < 1.29 is 39.2 Å². The molecule has 2 heterocycles. The highest BCUT2D eigenvalue weighted by Crippen LogP contribution is 2.28. The average molecular weight is 618 g/mol. The van der Waals surface area contributed by atoms with Crippen LogP contribution in [0.3, 0.4) is 0 Å². The molecule has 5 N–H and O–H groups in total. The number of carboxylic acid groups (broad SMARTS) is 3. The van der Waals surface area contributed by atoms with Gasteiger partial charge in [0.1, 0.15) is 11.4 Å². The third kappa shape index (κ3) is 12.3. The van der Waals surface area contributed by atoms with Crippen LogP contribution in [0.4, 0.5) is 5.69 Å². The molecule has 1 amide bonds. The van der Waals surface area contributed by atoms with Crippen LogP contribution < -0.4 is 10.1 Å². The number of H-pyrrole nitrogens is 1. The number of aliphatic carboxylic acids is 3. The molecule has 0 radical (unpaired) electrons. The fourth-order valence-corrected chi connectivity index (χ4v) is 4.82. The minimum atomic E-state index is -1.01. The maximum Gasteiger partial charge on any atom is 0.317 e. The van der Waals surface area contributed by atoms with Crippen LogP contribution in [0.5, 0.6) is 5.75 Å². The Bertz CT molecular complexity index is 1230. The van der Waals surface area contributed by atoms with E-state index in [0.717, 1.165) is 5.56 Å². The number of ether oxygens (including phenoxy) is 1. The summed E-state index contributed by atoms with van der Waals surface area (Å²) in [5.74, 6) is -2.59. The maximum atomic E-state index is 12.6. The van der Waals surface area contributed by atoms with Crippen LogP contribution in [-0.2, 0) is 20.9 Å². The minimum absolute atomic E-state index is 0.170. The molecule has 0 aliphatic carbocycles. The topological polar surface area (TPSA) is 192 Å². The van der Waals surface area contributed by atoms with Gasteiger partial charge in [0.05, 0.1) is 19.6 Å². The fourth-order valence-electron chi connectivity index (χ4n) is 4.82. The molecule has 2 aromatic rings. The third-order valence-electron chi connectivity index (χ3n) is 6.85. The summed E-state index contributed by atoms with van der Waals surface area (Å²) < 4.78 is 6.25. The van der Waals surface area contributed by atoms with E-state index in [2.05, 4.69) is 20.2 Å². The summed E-state index contributed by atoms with van der Waals surface area (Å²) in [5.41, 5.74) is 0.815. The molecule has 0 spiro atoms. The van der Waals surface area contributed by atoms with E-state index in [1.807, 2.05) is 26.8 Å². The Morgan fingerprint density at radius 3 is 1.70 bits per heavy atom. The van der Waals surface area contributed by atoms with Gasteiger partial charge in [-0.1, -0.05) is 0 Å². The molecule has 3 rings (SSSR count). The van der Waals surface area contributed by atoms with Crippen LogP contribution in [-0.4, -0.2) is 146 Å². The zero-order valence-electron chi connectivity index (χ0n) is 25.5. The Morgan fingerprint density at radius 2 is 1.30 bits per heavy atom. The van der Waals surface area contributed by atoms with Gasteiger partial charge in [0, 0.05) is 82.5 Å². The second kappa shape index (κ2) is 16.1. The second-order valence-electron chi connectivity index (χ2n) is 11.7. The number of carboxylic acids is 3. The van der Waals surface area contributed by atoms with Crippen molar-refractivity contribution >= 4 is 29.5 Å². The largest absolute Gasteiger partial charge is 0.488 e. The van der Waals surface area contributed by atoms with Crippen LogP contribution in [0.25, 0.3) is 0 Å². The highest BCUT2D eigenvalue weighted by atomic mass is 16.5. The number of carbonyl (C=O) groups excluding carboxylic acids is 1. The van der Waals surface area contributed by atoms with Crippen molar-refractivity contribution in [2.24, 2.45) is 0 Å². The number of aromatic nitrogens is 2. The van der Waals surface area contributed by atoms with E-state index < -0.39 is 29.4 Å². The first-order valence-electron chi connectivity index (χ1n) is 14.4. The molecular weight excluding hydrogens is 574 g/mol. The summed E-state index contributed by atoms with van der Waals surface area (Å²) in [6.45, 7) is 8.52. The Hall–Kier alpha value is -4.05. The minimum Gasteiger partial charge on any atom is -0.488 e. The molecule has 1 aromatic heterocycles. The lowest BCUT2D eigenvalue weighted by Crippen LogP contribution is -2.48. The fraction of sp³-hybridized carbons (Fsp3) is 0.552. The van der Waals surface area contributed by atoms with Gasteiger partial charge in [0.15, 0.2) is 5.82 Å². The number of nitrogens with one attached hydrogen (secondary N) is 2. The lowest BCUT2D eigenvalue weighted by Gasteiger charge is -2.33. The molecule has 242 valence electrons. The molecule has 0 atom stereocenters. The number of hydrogen-bond donors (Lipinski definition) is 5. The van der Waals surface area contributed by atoms with Crippen molar-refractivity contribution in [1.29, 1.82) is 0 Å². The van der Waals surface area contributed by atoms with Gasteiger partial charge in [-0.25, -0.2) is 4.98 Å². The molecule has 1 aromatic carbocycles. The van der Waals surface area contributed by atoms with E-state index in [1.54, 1.807) is 33.0 Å². The Kier molecular flexibility index (Phi) is 12.6. The van der Waals surface area contributed by atoms with Crippen molar-refractivity contribution in [2.75, 3.05) is 77.3 Å². The molecule has 1 aliphatic rings. The average Bonchev–Trinajstić information content (AvgIpc) is 3.45. The van der Waals surface area contributed by atoms with Gasteiger partial charge in [0.2, 0.25) is 0 Å². The van der Waals surface area contributed by atoms with Crippen molar-refractivity contribution in [3.05, 3.63) is 42.0 Å². The highest BCUT2D eigenvalue weighted by Gasteiger charge is 2.22. The molecule has 15 heteroatoms. The summed E-state index contributed by atoms with van der Waals surface area (Å²) in [6, 6.07) is 5.36. The molecule has 1 fully saturated rings. The summed E-state index contributed by atoms with van der Waals surface area (Å²) in [7, 11) is 0. The predicted molar refractivity (Wildman–Crippen MR) is 161 cm³/mol.